The van der Waals surface area contributed by atoms with E-state index in [0.29, 0.717) is 79.7 Å². The van der Waals surface area contributed by atoms with Crippen LogP contribution < -0.4 is 15.1 Å². The standard InChI is InChI=1S/C47H71N3O19S4/c1-46(2,35-30-33(72(62,63)64)18-20-37(35)49(4)25-14-28-70(56,57)58)22-10-6-5-8-16-40-47(3,36-31-34(73(65,66)67)19-21-38(36)50(40)26-15-29-71(59,60)61)23-11-7-9-17-41(52)48-24-12-13-27-68-45-44(55)43(54)42(53)39(32-51)69-45/h5-6,8,10,16,18-21,30-31,39,42-45,51,53-55H,7,9,11-15,17,22-29,32H2,1-4H3,(H,48,52)(H,56,57,58)(H,59,60,61)(H,62,63,64)(H,65,66,67)/b8-5+,10-6+,40-16+/t39-,42-,43+,44+,45+,47?/m1/s1. The number of anilines is 2. The molecule has 6 atom stereocenters. The Labute approximate surface area is 428 Å². The fourth-order valence-corrected chi connectivity index (χ4v) is 10.9. The van der Waals surface area contributed by atoms with Gasteiger partial charge in [-0.05, 0) is 111 Å². The summed E-state index contributed by atoms with van der Waals surface area (Å²) in [6, 6.07) is 8.27. The van der Waals surface area contributed by atoms with Gasteiger partial charge in [0.1, 0.15) is 24.4 Å². The predicted molar refractivity (Wildman–Crippen MR) is 272 cm³/mol. The zero-order valence-electron chi connectivity index (χ0n) is 41.4. The number of amides is 1. The molecule has 26 heteroatoms. The van der Waals surface area contributed by atoms with E-state index in [2.05, 4.69) is 5.32 Å². The molecule has 412 valence electrons. The molecule has 4 rings (SSSR count). The number of hydrogen-bond donors (Lipinski definition) is 9. The lowest BCUT2D eigenvalue weighted by Crippen LogP contribution is -2.59. The Morgan fingerprint density at radius 1 is 0.808 bits per heavy atom. The van der Waals surface area contributed by atoms with Crippen molar-refractivity contribution in [3.8, 4) is 0 Å². The predicted octanol–water partition coefficient (Wildman–Crippen LogP) is 3.28. The Morgan fingerprint density at radius 2 is 1.45 bits per heavy atom. The zero-order valence-corrected chi connectivity index (χ0v) is 44.6. The van der Waals surface area contributed by atoms with E-state index in [-0.39, 0.29) is 54.7 Å². The average Bonchev–Trinajstić information content (AvgIpc) is 3.52. The van der Waals surface area contributed by atoms with Gasteiger partial charge in [0.2, 0.25) is 5.91 Å². The lowest BCUT2D eigenvalue weighted by Gasteiger charge is -2.39. The summed E-state index contributed by atoms with van der Waals surface area (Å²) in [6.07, 6.45) is 5.64. The molecule has 0 spiro atoms. The van der Waals surface area contributed by atoms with Crippen LogP contribution in [0, 0.1) is 0 Å². The Balaban J connectivity index is 1.48. The maximum absolute atomic E-state index is 12.7. The number of nitrogens with zero attached hydrogens (tertiary/aromatic N) is 2. The summed E-state index contributed by atoms with van der Waals surface area (Å²) in [7, 11) is -16.1. The van der Waals surface area contributed by atoms with Crippen LogP contribution in [-0.4, -0.2) is 160 Å². The van der Waals surface area contributed by atoms with Crippen molar-refractivity contribution >= 4 is 57.8 Å². The molecule has 2 aromatic rings. The van der Waals surface area contributed by atoms with Crippen molar-refractivity contribution < 1.29 is 86.6 Å². The van der Waals surface area contributed by atoms with Crippen LogP contribution in [0.15, 0.2) is 82.3 Å². The minimum absolute atomic E-state index is 0.00131. The van der Waals surface area contributed by atoms with Crippen molar-refractivity contribution in [2.45, 2.75) is 136 Å². The lowest BCUT2D eigenvalue weighted by molar-refractivity contribution is -0.301. The molecular formula is C47H71N3O19S4. The summed E-state index contributed by atoms with van der Waals surface area (Å²) in [5, 5.41) is 42.2. The molecule has 2 aromatic carbocycles. The zero-order chi connectivity index (χ0) is 54.6. The van der Waals surface area contributed by atoms with Gasteiger partial charge in [-0.25, -0.2) is 0 Å². The first kappa shape index (κ1) is 61.7. The quantitative estimate of drug-likeness (QED) is 0.0321. The molecule has 0 saturated carbocycles. The number of allylic oxidation sites excluding steroid dienone is 6. The molecular weight excluding hydrogens is 1040 g/mol. The molecule has 2 heterocycles. The SMILES string of the molecule is CN(CCCS(=O)(=O)O)c1ccc(S(=O)(=O)O)cc1C(C)(C)C/C=C/C=C/C=C1/N(CCCS(=O)(=O)O)c2ccc(S(=O)(=O)O)cc2C1(C)CCCCCC(=O)NCCCCO[C@H]1O[C@H](CO)[C@@H](O)[C@H](O)[C@@H]1O. The molecule has 1 amide bonds. The second kappa shape index (κ2) is 26.3. The van der Waals surface area contributed by atoms with Crippen molar-refractivity contribution in [3.05, 3.63) is 83.6 Å². The van der Waals surface area contributed by atoms with Crippen molar-refractivity contribution in [1.29, 1.82) is 0 Å². The fourth-order valence-electron chi connectivity index (χ4n) is 8.91. The van der Waals surface area contributed by atoms with Crippen molar-refractivity contribution in [1.82, 2.24) is 5.32 Å². The van der Waals surface area contributed by atoms with Gasteiger partial charge in [-0.2, -0.15) is 33.7 Å². The van der Waals surface area contributed by atoms with Gasteiger partial charge in [-0.1, -0.05) is 51.0 Å². The molecule has 2 aliphatic rings. The first-order chi connectivity index (χ1) is 33.9. The molecule has 1 fully saturated rings. The fraction of sp³-hybridized carbons (Fsp3) is 0.596. The number of ether oxygens (including phenoxy) is 2. The molecule has 0 radical (unpaired) electrons. The number of aliphatic hydroxyl groups excluding tert-OH is 4. The highest BCUT2D eigenvalue weighted by molar-refractivity contribution is 7.86. The summed E-state index contributed by atoms with van der Waals surface area (Å²) in [6.45, 7) is 5.78. The normalized spacial score (nSPS) is 22.7. The van der Waals surface area contributed by atoms with Crippen LogP contribution in [0.4, 0.5) is 11.4 Å². The van der Waals surface area contributed by atoms with Gasteiger partial charge in [0, 0.05) is 62.2 Å². The van der Waals surface area contributed by atoms with E-state index < -0.39 is 100 Å². The molecule has 0 aliphatic carbocycles. The van der Waals surface area contributed by atoms with Gasteiger partial charge < -0.3 is 45.0 Å². The number of rotatable bonds is 29. The molecule has 0 aromatic heterocycles. The Kier molecular flexibility index (Phi) is 22.2. The number of fused-ring (bicyclic) bond motifs is 1. The van der Waals surface area contributed by atoms with Crippen LogP contribution in [0.2, 0.25) is 0 Å². The molecule has 73 heavy (non-hydrogen) atoms. The van der Waals surface area contributed by atoms with Gasteiger partial charge in [0.15, 0.2) is 6.29 Å². The highest BCUT2D eigenvalue weighted by atomic mass is 32.2. The lowest BCUT2D eigenvalue weighted by atomic mass is 9.77. The van der Waals surface area contributed by atoms with Gasteiger partial charge in [0.25, 0.3) is 40.5 Å². The maximum Gasteiger partial charge on any atom is 0.294 e. The van der Waals surface area contributed by atoms with Crippen LogP contribution in [0.5, 0.6) is 0 Å². The second-order valence-electron chi connectivity index (χ2n) is 19.1. The van der Waals surface area contributed by atoms with Crippen molar-refractivity contribution in [2.24, 2.45) is 0 Å². The van der Waals surface area contributed by atoms with Crippen LogP contribution in [-0.2, 0) is 65.6 Å². The van der Waals surface area contributed by atoms with Crippen molar-refractivity contribution in [3.63, 3.8) is 0 Å². The third kappa shape index (κ3) is 18.1. The Morgan fingerprint density at radius 3 is 2.10 bits per heavy atom. The smallest absolute Gasteiger partial charge is 0.294 e. The molecule has 9 N–H and O–H groups in total. The van der Waals surface area contributed by atoms with Crippen molar-refractivity contribution in [2.75, 3.05) is 61.2 Å². The molecule has 1 unspecified atom stereocenters. The van der Waals surface area contributed by atoms with Gasteiger partial charge in [-0.3, -0.25) is 23.0 Å². The second-order valence-corrected chi connectivity index (χ2v) is 25.1. The number of benzene rings is 2. The summed E-state index contributed by atoms with van der Waals surface area (Å²) >= 11 is 0. The van der Waals surface area contributed by atoms with E-state index >= 15 is 0 Å². The first-order valence-corrected chi connectivity index (χ1v) is 29.9. The van der Waals surface area contributed by atoms with E-state index in [1.165, 1.54) is 36.4 Å². The highest BCUT2D eigenvalue weighted by Gasteiger charge is 2.45. The van der Waals surface area contributed by atoms with E-state index in [1.807, 2.05) is 31.7 Å². The number of hydrogen-bond acceptors (Lipinski definition) is 17. The third-order valence-electron chi connectivity index (χ3n) is 12.9. The Bertz CT molecular complexity index is 2750. The van der Waals surface area contributed by atoms with E-state index in [1.54, 1.807) is 36.3 Å². The summed E-state index contributed by atoms with van der Waals surface area (Å²) < 4.78 is 145. The molecule has 0 bridgehead atoms. The number of aliphatic hydroxyl groups is 4. The molecule has 22 nitrogen and oxygen atoms in total. The minimum atomic E-state index is -4.64. The largest absolute Gasteiger partial charge is 0.394 e. The average molecular weight is 1110 g/mol. The monoisotopic (exact) mass is 1110 g/mol. The summed E-state index contributed by atoms with van der Waals surface area (Å²) in [5.74, 6) is -1.21. The van der Waals surface area contributed by atoms with Gasteiger partial charge in [-0.15, -0.1) is 0 Å². The van der Waals surface area contributed by atoms with E-state index in [4.69, 9.17) is 9.47 Å². The third-order valence-corrected chi connectivity index (χ3v) is 16.2. The minimum Gasteiger partial charge on any atom is -0.394 e. The van der Waals surface area contributed by atoms with E-state index in [9.17, 15) is 77.1 Å². The number of carbonyl (C=O) groups excluding carboxylic acids is 1. The number of unbranched alkanes of at least 4 members (excludes halogenated alkanes) is 3. The number of carbonyl (C=O) groups is 1. The summed E-state index contributed by atoms with van der Waals surface area (Å²) in [5.41, 5.74) is 1.21. The first-order valence-electron chi connectivity index (χ1n) is 23.8. The summed E-state index contributed by atoms with van der Waals surface area (Å²) in [4.78, 5) is 15.6. The maximum atomic E-state index is 12.7. The van der Waals surface area contributed by atoms with Crippen LogP contribution in [0.3, 0.4) is 0 Å². The van der Waals surface area contributed by atoms with Crippen LogP contribution >= 0.6 is 0 Å². The van der Waals surface area contributed by atoms with Gasteiger partial charge in [0.05, 0.1) is 27.9 Å². The number of nitrogens with one attached hydrogen (secondary N) is 1. The van der Waals surface area contributed by atoms with Crippen LogP contribution in [0.1, 0.15) is 96.1 Å². The molecule has 2 aliphatic heterocycles. The van der Waals surface area contributed by atoms with Crippen LogP contribution in [0.25, 0.3) is 0 Å². The topological polar surface area (TPSA) is 352 Å². The molecule has 1 saturated heterocycles. The van der Waals surface area contributed by atoms with E-state index in [0.717, 1.165) is 0 Å². The Hall–Kier alpha value is -3.87. The highest BCUT2D eigenvalue weighted by Crippen LogP contribution is 2.51. The van der Waals surface area contributed by atoms with Gasteiger partial charge >= 0.3 is 0 Å².